The van der Waals surface area contributed by atoms with Crippen molar-refractivity contribution in [2.45, 2.75) is 26.4 Å². The molecule has 90 valence electrons. The lowest BCUT2D eigenvalue weighted by atomic mass is 10.1. The molecule has 0 aliphatic heterocycles. The lowest BCUT2D eigenvalue weighted by Crippen LogP contribution is -2.32. The number of benzene rings is 1. The van der Waals surface area contributed by atoms with Crippen molar-refractivity contribution in [3.63, 3.8) is 0 Å². The van der Waals surface area contributed by atoms with Gasteiger partial charge in [-0.25, -0.2) is 0 Å². The Kier molecular flexibility index (Phi) is 4.77. The molecule has 0 amide bonds. The van der Waals surface area contributed by atoms with Gasteiger partial charge in [-0.05, 0) is 37.1 Å². The number of nitrogens with two attached hydrogens (primary N) is 1. The van der Waals surface area contributed by atoms with Gasteiger partial charge in [0.1, 0.15) is 0 Å². The van der Waals surface area contributed by atoms with Crippen LogP contribution in [0.15, 0.2) is 18.2 Å². The van der Waals surface area contributed by atoms with Crippen molar-refractivity contribution in [1.29, 1.82) is 0 Å². The van der Waals surface area contributed by atoms with Crippen LogP contribution in [0.2, 0.25) is 0 Å². The molecule has 1 aromatic carbocycles. The van der Waals surface area contributed by atoms with E-state index in [1.807, 2.05) is 0 Å². The summed E-state index contributed by atoms with van der Waals surface area (Å²) in [5.41, 5.74) is 9.31. The predicted octanol–water partition coefficient (Wildman–Crippen LogP) is 1.92. The third kappa shape index (κ3) is 2.97. The van der Waals surface area contributed by atoms with Crippen LogP contribution in [-0.2, 0) is 11.3 Å². The fourth-order valence-electron chi connectivity index (χ4n) is 1.74. The lowest BCUT2D eigenvalue weighted by Gasteiger charge is -2.27. The van der Waals surface area contributed by atoms with E-state index in [0.29, 0.717) is 12.6 Å². The van der Waals surface area contributed by atoms with Crippen LogP contribution < -0.4 is 10.6 Å². The van der Waals surface area contributed by atoms with Crippen LogP contribution in [0, 0.1) is 6.92 Å². The number of likely N-dealkylation sites (N-methyl/N-ethyl adjacent to an activating group) is 1. The number of hydrogen-bond donors (Lipinski definition) is 1. The van der Waals surface area contributed by atoms with Crippen LogP contribution in [0.5, 0.6) is 0 Å². The highest BCUT2D eigenvalue weighted by atomic mass is 16.5. The van der Waals surface area contributed by atoms with Crippen LogP contribution in [0.3, 0.4) is 0 Å². The average molecular weight is 222 g/mol. The minimum absolute atomic E-state index is 0.369. The fraction of sp³-hybridized carbons (Fsp3) is 0.538. The molecule has 0 fully saturated rings. The molecule has 0 radical (unpaired) electrons. The number of methoxy groups -OCH3 is 1. The first-order valence-electron chi connectivity index (χ1n) is 5.61. The molecule has 0 bridgehead atoms. The first-order chi connectivity index (χ1) is 7.60. The highest BCUT2D eigenvalue weighted by Crippen LogP contribution is 2.19. The maximum Gasteiger partial charge on any atom is 0.0663 e. The minimum atomic E-state index is 0.369. The van der Waals surface area contributed by atoms with Crippen molar-refractivity contribution in [1.82, 2.24) is 0 Å². The van der Waals surface area contributed by atoms with Crippen molar-refractivity contribution in [3.8, 4) is 0 Å². The zero-order chi connectivity index (χ0) is 12.1. The standard InChI is InChI=1S/C13H22N2O/c1-10-7-13(6-5-12(10)8-14)15(3)11(2)9-16-4/h5-7,11H,8-9,14H2,1-4H3. The number of nitrogens with zero attached hydrogens (tertiary/aromatic N) is 1. The van der Waals surface area contributed by atoms with E-state index in [1.54, 1.807) is 7.11 Å². The number of rotatable bonds is 5. The quantitative estimate of drug-likeness (QED) is 0.827. The summed E-state index contributed by atoms with van der Waals surface area (Å²) in [7, 11) is 3.81. The second kappa shape index (κ2) is 5.87. The van der Waals surface area contributed by atoms with Gasteiger partial charge in [-0.15, -0.1) is 0 Å². The van der Waals surface area contributed by atoms with E-state index < -0.39 is 0 Å². The van der Waals surface area contributed by atoms with Crippen molar-refractivity contribution >= 4 is 5.69 Å². The Hall–Kier alpha value is -1.06. The lowest BCUT2D eigenvalue weighted by molar-refractivity contribution is 0.183. The van der Waals surface area contributed by atoms with Crippen LogP contribution in [0.1, 0.15) is 18.1 Å². The Labute approximate surface area is 98.2 Å². The third-order valence-corrected chi connectivity index (χ3v) is 3.02. The molecule has 3 heteroatoms. The van der Waals surface area contributed by atoms with Gasteiger partial charge in [0.05, 0.1) is 6.61 Å². The summed E-state index contributed by atoms with van der Waals surface area (Å²) in [5.74, 6) is 0. The zero-order valence-electron chi connectivity index (χ0n) is 10.7. The number of aryl methyl sites for hydroxylation is 1. The second-order valence-electron chi connectivity index (χ2n) is 4.23. The smallest absolute Gasteiger partial charge is 0.0663 e. The van der Waals surface area contributed by atoms with Gasteiger partial charge >= 0.3 is 0 Å². The normalized spacial score (nSPS) is 12.6. The molecule has 3 nitrogen and oxygen atoms in total. The first-order valence-corrected chi connectivity index (χ1v) is 5.61. The summed E-state index contributed by atoms with van der Waals surface area (Å²) in [6.45, 7) is 5.58. The summed E-state index contributed by atoms with van der Waals surface area (Å²) in [6.07, 6.45) is 0. The average Bonchev–Trinajstić information content (AvgIpc) is 2.28. The van der Waals surface area contributed by atoms with Crippen molar-refractivity contribution in [2.24, 2.45) is 5.73 Å². The van der Waals surface area contributed by atoms with Gasteiger partial charge in [0.15, 0.2) is 0 Å². The van der Waals surface area contributed by atoms with Gasteiger partial charge < -0.3 is 15.4 Å². The Morgan fingerprint density at radius 1 is 1.44 bits per heavy atom. The zero-order valence-corrected chi connectivity index (χ0v) is 10.7. The molecule has 0 saturated carbocycles. The molecule has 0 saturated heterocycles. The molecule has 2 N–H and O–H groups in total. The largest absolute Gasteiger partial charge is 0.383 e. The highest BCUT2D eigenvalue weighted by Gasteiger charge is 2.10. The maximum absolute atomic E-state index is 5.65. The summed E-state index contributed by atoms with van der Waals surface area (Å²) in [4.78, 5) is 2.22. The van der Waals surface area contributed by atoms with E-state index in [-0.39, 0.29) is 0 Å². The molecule has 16 heavy (non-hydrogen) atoms. The topological polar surface area (TPSA) is 38.5 Å². The van der Waals surface area contributed by atoms with Gasteiger partial charge in [-0.2, -0.15) is 0 Å². The summed E-state index contributed by atoms with van der Waals surface area (Å²) >= 11 is 0. The SMILES string of the molecule is COCC(C)N(C)c1ccc(CN)c(C)c1. The Balaban J connectivity index is 2.84. The second-order valence-corrected chi connectivity index (χ2v) is 4.23. The van der Waals surface area contributed by atoms with Crippen molar-refractivity contribution in [2.75, 3.05) is 25.7 Å². The van der Waals surface area contributed by atoms with Crippen molar-refractivity contribution in [3.05, 3.63) is 29.3 Å². The molecule has 1 unspecified atom stereocenters. The minimum Gasteiger partial charge on any atom is -0.383 e. The van der Waals surface area contributed by atoms with E-state index in [4.69, 9.17) is 10.5 Å². The van der Waals surface area contributed by atoms with Crippen LogP contribution in [0.25, 0.3) is 0 Å². The highest BCUT2D eigenvalue weighted by molar-refractivity contribution is 5.50. The molecular weight excluding hydrogens is 200 g/mol. The van der Waals surface area contributed by atoms with Gasteiger partial charge in [-0.3, -0.25) is 0 Å². The van der Waals surface area contributed by atoms with E-state index in [0.717, 1.165) is 6.61 Å². The number of hydrogen-bond acceptors (Lipinski definition) is 3. The van der Waals surface area contributed by atoms with Crippen LogP contribution in [-0.4, -0.2) is 26.8 Å². The van der Waals surface area contributed by atoms with Crippen LogP contribution >= 0.6 is 0 Å². The molecule has 1 atom stereocenters. The fourth-order valence-corrected chi connectivity index (χ4v) is 1.74. The van der Waals surface area contributed by atoms with E-state index in [2.05, 4.69) is 44.0 Å². The Morgan fingerprint density at radius 2 is 2.12 bits per heavy atom. The molecule has 1 aromatic rings. The third-order valence-electron chi connectivity index (χ3n) is 3.02. The molecule has 0 aliphatic carbocycles. The predicted molar refractivity (Wildman–Crippen MR) is 68.8 cm³/mol. The monoisotopic (exact) mass is 222 g/mol. The maximum atomic E-state index is 5.65. The van der Waals surface area contributed by atoms with E-state index >= 15 is 0 Å². The number of anilines is 1. The molecule has 0 aliphatic rings. The molecule has 0 spiro atoms. The molecule has 0 aromatic heterocycles. The Morgan fingerprint density at radius 3 is 2.62 bits per heavy atom. The van der Waals surface area contributed by atoms with Gasteiger partial charge in [-0.1, -0.05) is 6.07 Å². The number of ether oxygens (including phenoxy) is 1. The molecule has 1 rings (SSSR count). The molecule has 0 heterocycles. The van der Waals surface area contributed by atoms with Gasteiger partial charge in [0.25, 0.3) is 0 Å². The Bertz CT molecular complexity index is 339. The van der Waals surface area contributed by atoms with Crippen molar-refractivity contribution < 1.29 is 4.74 Å². The van der Waals surface area contributed by atoms with Crippen LogP contribution in [0.4, 0.5) is 5.69 Å². The molecular formula is C13H22N2O. The van der Waals surface area contributed by atoms with E-state index in [1.165, 1.54) is 16.8 Å². The van der Waals surface area contributed by atoms with E-state index in [9.17, 15) is 0 Å². The summed E-state index contributed by atoms with van der Waals surface area (Å²) < 4.78 is 5.16. The summed E-state index contributed by atoms with van der Waals surface area (Å²) in [6, 6.07) is 6.75. The van der Waals surface area contributed by atoms with Gasteiger partial charge in [0.2, 0.25) is 0 Å². The summed E-state index contributed by atoms with van der Waals surface area (Å²) in [5, 5.41) is 0. The first kappa shape index (κ1) is 13.0. The van der Waals surface area contributed by atoms with Gasteiger partial charge in [0, 0.05) is 32.4 Å².